The van der Waals surface area contributed by atoms with Crippen LogP contribution in [0.2, 0.25) is 0 Å². The van der Waals surface area contributed by atoms with Crippen LogP contribution < -0.4 is 0 Å². The molecular formula is C17H20BrNO5S. The summed E-state index contributed by atoms with van der Waals surface area (Å²) < 4.78 is 31.1. The first kappa shape index (κ1) is 17.4. The highest BCUT2D eigenvalue weighted by Crippen LogP contribution is 2.58. The van der Waals surface area contributed by atoms with E-state index in [1.807, 2.05) is 0 Å². The number of rotatable bonds is 5. The van der Waals surface area contributed by atoms with Crippen LogP contribution in [0.25, 0.3) is 0 Å². The predicted octanol–water partition coefficient (Wildman–Crippen LogP) is 3.75. The van der Waals surface area contributed by atoms with E-state index in [1.54, 1.807) is 0 Å². The van der Waals surface area contributed by atoms with Crippen LogP contribution in [0.5, 0.6) is 0 Å². The molecule has 0 aromatic heterocycles. The van der Waals surface area contributed by atoms with Crippen LogP contribution in [-0.2, 0) is 14.3 Å². The first-order valence-electron chi connectivity index (χ1n) is 8.62. The van der Waals surface area contributed by atoms with E-state index in [2.05, 4.69) is 15.9 Å². The van der Waals surface area contributed by atoms with E-state index in [9.17, 15) is 18.5 Å². The lowest BCUT2D eigenvalue weighted by atomic mass is 9.51. The molecule has 0 spiro atoms. The second-order valence-electron chi connectivity index (χ2n) is 7.58. The molecule has 6 atom stereocenters. The molecule has 4 fully saturated rings. The third-order valence-electron chi connectivity index (χ3n) is 6.28. The third-order valence-corrected chi connectivity index (χ3v) is 8.35. The highest BCUT2D eigenvalue weighted by Gasteiger charge is 2.54. The van der Waals surface area contributed by atoms with Crippen molar-refractivity contribution in [2.45, 2.75) is 36.7 Å². The van der Waals surface area contributed by atoms with Gasteiger partial charge in [-0.15, -0.1) is 0 Å². The largest absolute Gasteiger partial charge is 0.297 e. The van der Waals surface area contributed by atoms with Crippen molar-refractivity contribution in [3.05, 3.63) is 34.4 Å². The molecule has 5 rings (SSSR count). The highest BCUT2D eigenvalue weighted by atomic mass is 79.9. The zero-order chi connectivity index (χ0) is 17.8. The van der Waals surface area contributed by atoms with Gasteiger partial charge in [-0.3, -0.25) is 14.3 Å². The van der Waals surface area contributed by atoms with E-state index in [-0.39, 0.29) is 22.6 Å². The molecule has 6 nitrogen and oxygen atoms in total. The van der Waals surface area contributed by atoms with E-state index in [1.165, 1.54) is 30.7 Å². The van der Waals surface area contributed by atoms with Gasteiger partial charge in [0, 0.05) is 17.5 Å². The van der Waals surface area contributed by atoms with Gasteiger partial charge in [0.2, 0.25) is 0 Å². The molecule has 1 aromatic rings. The van der Waals surface area contributed by atoms with E-state index in [0.29, 0.717) is 23.7 Å². The summed E-state index contributed by atoms with van der Waals surface area (Å²) in [6.45, 7) is 0. The molecule has 0 N–H and O–H groups in total. The van der Waals surface area contributed by atoms with Crippen molar-refractivity contribution < 1.29 is 17.5 Å². The van der Waals surface area contributed by atoms with Gasteiger partial charge in [-0.1, -0.05) is 15.9 Å². The molecule has 4 aliphatic rings. The van der Waals surface area contributed by atoms with Gasteiger partial charge < -0.3 is 0 Å². The van der Waals surface area contributed by atoms with E-state index in [0.717, 1.165) is 24.6 Å². The van der Waals surface area contributed by atoms with Crippen LogP contribution in [0.1, 0.15) is 25.7 Å². The average molecular weight is 430 g/mol. The van der Waals surface area contributed by atoms with Gasteiger partial charge >= 0.3 is 0 Å². The normalized spacial score (nSPS) is 36.5. The van der Waals surface area contributed by atoms with Gasteiger partial charge in [0.25, 0.3) is 15.8 Å². The van der Waals surface area contributed by atoms with Gasteiger partial charge in [0.05, 0.1) is 15.9 Å². The monoisotopic (exact) mass is 429 g/mol. The maximum atomic E-state index is 12.7. The first-order valence-corrected chi connectivity index (χ1v) is 11.2. The lowest BCUT2D eigenvalue weighted by molar-refractivity contribution is -0.384. The molecule has 0 aliphatic heterocycles. The number of nitro benzene ring substituents is 1. The van der Waals surface area contributed by atoms with Crippen LogP contribution in [0, 0.1) is 39.7 Å². The highest BCUT2D eigenvalue weighted by molar-refractivity contribution is 9.09. The minimum Gasteiger partial charge on any atom is -0.262 e. The number of non-ortho nitro benzene ring substituents is 1. The van der Waals surface area contributed by atoms with Crippen molar-refractivity contribution in [2.75, 3.05) is 5.33 Å². The van der Waals surface area contributed by atoms with Crippen molar-refractivity contribution in [3.63, 3.8) is 0 Å². The van der Waals surface area contributed by atoms with E-state index < -0.39 is 15.0 Å². The lowest BCUT2D eigenvalue weighted by Crippen LogP contribution is -2.55. The molecular weight excluding hydrogens is 410 g/mol. The average Bonchev–Trinajstić information content (AvgIpc) is 2.58. The number of halogens is 1. The Morgan fingerprint density at radius 2 is 1.80 bits per heavy atom. The van der Waals surface area contributed by atoms with Crippen LogP contribution in [0.3, 0.4) is 0 Å². The molecule has 0 heterocycles. The molecule has 0 amide bonds. The summed E-state index contributed by atoms with van der Waals surface area (Å²) in [5, 5.41) is 11.6. The van der Waals surface area contributed by atoms with Crippen LogP contribution in [0.15, 0.2) is 29.2 Å². The van der Waals surface area contributed by atoms with Gasteiger partial charge in [-0.25, -0.2) is 0 Å². The summed E-state index contributed by atoms with van der Waals surface area (Å²) in [7, 11) is -3.92. The fraction of sp³-hybridized carbons (Fsp3) is 0.647. The second kappa shape index (κ2) is 6.32. The quantitative estimate of drug-likeness (QED) is 0.307. The Morgan fingerprint density at radius 1 is 1.12 bits per heavy atom. The standard InChI is InChI=1S/C17H20BrNO5S/c18-9-16-11-5-10-6-12(8-11)17(15(16)7-10)24-25(22,23)14-3-1-13(2-4-14)19(20)21/h1-4,10-12,15-17H,5-9H2/t10-,11+,12+,15-,16-,17+/m0/s1. The lowest BCUT2D eigenvalue weighted by Gasteiger charge is -2.57. The number of nitrogens with zero attached hydrogens (tertiary/aromatic N) is 1. The molecule has 4 bridgehead atoms. The predicted molar refractivity (Wildman–Crippen MR) is 94.9 cm³/mol. The van der Waals surface area contributed by atoms with Crippen LogP contribution in [-0.4, -0.2) is 24.8 Å². The Morgan fingerprint density at radius 3 is 2.44 bits per heavy atom. The van der Waals surface area contributed by atoms with Crippen molar-refractivity contribution in [1.29, 1.82) is 0 Å². The minimum atomic E-state index is -3.92. The number of alkyl halides is 1. The molecule has 25 heavy (non-hydrogen) atoms. The molecule has 4 aliphatic carbocycles. The summed E-state index contributed by atoms with van der Waals surface area (Å²) in [6.07, 6.45) is 4.15. The smallest absolute Gasteiger partial charge is 0.262 e. The Hall–Kier alpha value is -0.990. The maximum absolute atomic E-state index is 12.7. The summed E-state index contributed by atoms with van der Waals surface area (Å²) in [5.41, 5.74) is -0.132. The van der Waals surface area contributed by atoms with E-state index in [4.69, 9.17) is 4.18 Å². The van der Waals surface area contributed by atoms with Crippen LogP contribution in [0.4, 0.5) is 5.69 Å². The minimum absolute atomic E-state index is 0.0118. The van der Waals surface area contributed by atoms with Gasteiger partial charge in [0.1, 0.15) is 0 Å². The first-order chi connectivity index (χ1) is 11.9. The molecule has 0 radical (unpaired) electrons. The van der Waals surface area contributed by atoms with Gasteiger partial charge in [-0.05, 0) is 67.4 Å². The molecule has 0 saturated heterocycles. The molecule has 4 saturated carbocycles. The Kier molecular flexibility index (Phi) is 4.40. The number of benzene rings is 1. The molecule has 136 valence electrons. The zero-order valence-electron chi connectivity index (χ0n) is 13.6. The summed E-state index contributed by atoms with van der Waals surface area (Å²) in [4.78, 5) is 10.2. The van der Waals surface area contributed by atoms with Crippen LogP contribution >= 0.6 is 15.9 Å². The summed E-state index contributed by atoms with van der Waals surface area (Å²) in [5.74, 6) is 2.47. The van der Waals surface area contributed by atoms with Crippen molar-refractivity contribution >= 4 is 31.7 Å². The summed E-state index contributed by atoms with van der Waals surface area (Å²) in [6, 6.07) is 4.92. The summed E-state index contributed by atoms with van der Waals surface area (Å²) >= 11 is 3.61. The topological polar surface area (TPSA) is 86.5 Å². The fourth-order valence-electron chi connectivity index (χ4n) is 5.31. The second-order valence-corrected chi connectivity index (χ2v) is 9.80. The van der Waals surface area contributed by atoms with Crippen molar-refractivity contribution in [1.82, 2.24) is 0 Å². The zero-order valence-corrected chi connectivity index (χ0v) is 16.0. The fourth-order valence-corrected chi connectivity index (χ4v) is 7.49. The Bertz CT molecular complexity index is 781. The SMILES string of the molecule is O=[N+]([O-])c1ccc(S(=O)(=O)O[C@@H]2[C@@H]3C[C@@H]4C[C@H](C3)[C@H](CBr)[C@@H]2C4)cc1. The van der Waals surface area contributed by atoms with Gasteiger partial charge in [0.15, 0.2) is 0 Å². The maximum Gasteiger partial charge on any atom is 0.297 e. The number of hydrogen-bond donors (Lipinski definition) is 0. The Labute approximate surface area is 155 Å². The van der Waals surface area contributed by atoms with Gasteiger partial charge in [-0.2, -0.15) is 8.42 Å². The number of nitro groups is 1. The Balaban J connectivity index is 1.57. The van der Waals surface area contributed by atoms with Crippen molar-refractivity contribution in [3.8, 4) is 0 Å². The molecule has 1 aromatic carbocycles. The van der Waals surface area contributed by atoms with Crippen molar-refractivity contribution in [2.24, 2.45) is 29.6 Å². The number of hydrogen-bond acceptors (Lipinski definition) is 5. The third kappa shape index (κ3) is 3.02. The molecule has 0 unspecified atom stereocenters. The van der Waals surface area contributed by atoms with E-state index >= 15 is 0 Å². The molecule has 8 heteroatoms.